The molecule has 3 N–H and O–H groups in total. The number of aromatic amines is 2. The Bertz CT molecular complexity index is 1280. The number of hydrogen-bond acceptors (Lipinski definition) is 6. The first-order valence-corrected chi connectivity index (χ1v) is 9.35. The number of anilines is 1. The van der Waals surface area contributed by atoms with Gasteiger partial charge in [-0.2, -0.15) is 10.5 Å². The van der Waals surface area contributed by atoms with Gasteiger partial charge in [-0.05, 0) is 35.9 Å². The van der Waals surface area contributed by atoms with Crippen molar-refractivity contribution in [3.63, 3.8) is 0 Å². The molecule has 9 nitrogen and oxygen atoms in total. The molecule has 0 aliphatic rings. The van der Waals surface area contributed by atoms with E-state index in [0.29, 0.717) is 33.5 Å². The highest BCUT2D eigenvalue weighted by atomic mass is 32.2. The minimum absolute atomic E-state index is 0.0607. The van der Waals surface area contributed by atoms with Crippen LogP contribution in [0.2, 0.25) is 0 Å². The molecule has 0 unspecified atom stereocenters. The topological polar surface area (TPSA) is 140 Å². The molecule has 4 aromatic rings. The molecule has 0 atom stereocenters. The lowest BCUT2D eigenvalue weighted by Gasteiger charge is -2.11. The molecule has 2 aromatic carbocycles. The molecule has 0 amide bonds. The van der Waals surface area contributed by atoms with Crippen LogP contribution in [0.1, 0.15) is 11.1 Å². The van der Waals surface area contributed by atoms with Gasteiger partial charge in [0.15, 0.2) is 0 Å². The predicted molar refractivity (Wildman–Crippen MR) is 98.2 cm³/mol. The first-order chi connectivity index (χ1) is 13.0. The van der Waals surface area contributed by atoms with Gasteiger partial charge in [0, 0.05) is 17.1 Å². The van der Waals surface area contributed by atoms with Gasteiger partial charge < -0.3 is 4.98 Å². The summed E-state index contributed by atoms with van der Waals surface area (Å²) in [6, 6.07) is 11.8. The summed E-state index contributed by atoms with van der Waals surface area (Å²) in [7, 11) is -3.87. The molecular formula is C17H13N7O2S. The summed E-state index contributed by atoms with van der Waals surface area (Å²) < 4.78 is 28.3. The second kappa shape index (κ2) is 6.22. The minimum atomic E-state index is -3.87. The van der Waals surface area contributed by atoms with E-state index in [0.717, 1.165) is 5.56 Å². The van der Waals surface area contributed by atoms with Crippen molar-refractivity contribution in [2.45, 2.75) is 11.8 Å². The third kappa shape index (κ3) is 2.90. The number of nitrogens with zero attached hydrogens (tertiary/aromatic N) is 4. The maximum Gasteiger partial charge on any atom is 0.261 e. The van der Waals surface area contributed by atoms with Crippen LogP contribution in [0, 0.1) is 18.3 Å². The van der Waals surface area contributed by atoms with Crippen molar-refractivity contribution in [1.29, 1.82) is 5.26 Å². The summed E-state index contributed by atoms with van der Waals surface area (Å²) in [5.74, 6) is 0.299. The van der Waals surface area contributed by atoms with Gasteiger partial charge in [0.1, 0.15) is 6.07 Å². The molecule has 4 rings (SSSR count). The van der Waals surface area contributed by atoms with Crippen LogP contribution in [-0.2, 0) is 10.0 Å². The Morgan fingerprint density at radius 1 is 1.22 bits per heavy atom. The number of nitriles is 1. The molecule has 0 aliphatic heterocycles. The molecule has 0 fully saturated rings. The predicted octanol–water partition coefficient (Wildman–Crippen LogP) is 2.33. The fourth-order valence-electron chi connectivity index (χ4n) is 2.88. The lowest BCUT2D eigenvalue weighted by Crippen LogP contribution is -2.13. The summed E-state index contributed by atoms with van der Waals surface area (Å²) >= 11 is 0. The van der Waals surface area contributed by atoms with E-state index in [1.807, 2.05) is 6.92 Å². The van der Waals surface area contributed by atoms with Crippen molar-refractivity contribution in [1.82, 2.24) is 25.6 Å². The van der Waals surface area contributed by atoms with E-state index < -0.39 is 10.0 Å². The zero-order valence-electron chi connectivity index (χ0n) is 14.1. The second-order valence-corrected chi connectivity index (χ2v) is 7.55. The number of tetrazole rings is 1. The quantitative estimate of drug-likeness (QED) is 0.497. The Morgan fingerprint density at radius 2 is 2.07 bits per heavy atom. The lowest BCUT2D eigenvalue weighted by atomic mass is 10.1. The largest absolute Gasteiger partial charge is 0.358 e. The maximum atomic E-state index is 12.9. The average Bonchev–Trinajstić information content (AvgIpc) is 3.34. The van der Waals surface area contributed by atoms with Gasteiger partial charge in [-0.25, -0.2) is 8.42 Å². The van der Waals surface area contributed by atoms with Crippen LogP contribution in [0.4, 0.5) is 5.69 Å². The normalized spacial score (nSPS) is 11.4. The standard InChI is InChI=1S/C17H13N7O2S/c1-10-5-6-14(16-15(10)12(8-18)9-19-16)22-27(25,26)13-4-2-3-11(7-13)17-20-23-24-21-17/h2-7,9,19,22H,1H3,(H,20,21,23,24). The number of nitrogens with one attached hydrogen (secondary N) is 3. The van der Waals surface area contributed by atoms with Crippen LogP contribution in [-0.4, -0.2) is 34.0 Å². The smallest absolute Gasteiger partial charge is 0.261 e. The Labute approximate surface area is 154 Å². The molecule has 0 radical (unpaired) electrons. The van der Waals surface area contributed by atoms with Crippen LogP contribution in [0.25, 0.3) is 22.3 Å². The summed E-state index contributed by atoms with van der Waals surface area (Å²) in [5, 5.41) is 23.5. The number of sulfonamides is 1. The fraction of sp³-hybridized carbons (Fsp3) is 0.0588. The SMILES string of the molecule is Cc1ccc(NS(=O)(=O)c2cccc(-c3nn[nH]n3)c2)c2[nH]cc(C#N)c12. The first-order valence-electron chi connectivity index (χ1n) is 7.87. The van der Waals surface area contributed by atoms with Crippen molar-refractivity contribution in [3.8, 4) is 17.5 Å². The highest BCUT2D eigenvalue weighted by Gasteiger charge is 2.19. The summed E-state index contributed by atoms with van der Waals surface area (Å²) in [5.41, 5.74) is 2.78. The molecule has 0 saturated heterocycles. The molecule has 2 aromatic heterocycles. The number of hydrogen-bond donors (Lipinski definition) is 3. The highest BCUT2D eigenvalue weighted by Crippen LogP contribution is 2.30. The number of benzene rings is 2. The third-order valence-corrected chi connectivity index (χ3v) is 5.52. The first kappa shape index (κ1) is 16.7. The van der Waals surface area contributed by atoms with Gasteiger partial charge in [-0.3, -0.25) is 4.72 Å². The average molecular weight is 379 g/mol. The van der Waals surface area contributed by atoms with E-state index in [2.05, 4.69) is 36.4 Å². The number of aromatic nitrogens is 5. The molecular weight excluding hydrogens is 366 g/mol. The maximum absolute atomic E-state index is 12.9. The summed E-state index contributed by atoms with van der Waals surface area (Å²) in [6.07, 6.45) is 1.56. The number of aryl methyl sites for hydroxylation is 1. The van der Waals surface area contributed by atoms with Crippen molar-refractivity contribution in [2.75, 3.05) is 4.72 Å². The molecule has 2 heterocycles. The van der Waals surface area contributed by atoms with Crippen molar-refractivity contribution in [2.24, 2.45) is 0 Å². The minimum Gasteiger partial charge on any atom is -0.358 e. The molecule has 134 valence electrons. The van der Waals surface area contributed by atoms with Crippen molar-refractivity contribution < 1.29 is 8.42 Å². The highest BCUT2D eigenvalue weighted by molar-refractivity contribution is 7.92. The second-order valence-electron chi connectivity index (χ2n) is 5.86. The van der Waals surface area contributed by atoms with E-state index in [9.17, 15) is 13.7 Å². The van der Waals surface area contributed by atoms with E-state index in [-0.39, 0.29) is 4.90 Å². The van der Waals surface area contributed by atoms with Gasteiger partial charge in [0.05, 0.1) is 21.7 Å². The molecule has 0 bridgehead atoms. The molecule has 0 aliphatic carbocycles. The van der Waals surface area contributed by atoms with Gasteiger partial charge in [-0.15, -0.1) is 10.2 Å². The van der Waals surface area contributed by atoms with Crippen LogP contribution in [0.15, 0.2) is 47.5 Å². The number of fused-ring (bicyclic) bond motifs is 1. The Morgan fingerprint density at radius 3 is 2.81 bits per heavy atom. The van der Waals surface area contributed by atoms with Gasteiger partial charge >= 0.3 is 0 Å². The Balaban J connectivity index is 1.76. The monoisotopic (exact) mass is 379 g/mol. The summed E-state index contributed by atoms with van der Waals surface area (Å²) in [4.78, 5) is 3.04. The zero-order valence-corrected chi connectivity index (χ0v) is 14.9. The van der Waals surface area contributed by atoms with Crippen molar-refractivity contribution >= 4 is 26.6 Å². The Hall–Kier alpha value is -3.71. The number of rotatable bonds is 4. The van der Waals surface area contributed by atoms with E-state index in [1.54, 1.807) is 30.5 Å². The summed E-state index contributed by atoms with van der Waals surface area (Å²) in [6.45, 7) is 1.86. The van der Waals surface area contributed by atoms with Crippen LogP contribution < -0.4 is 4.72 Å². The van der Waals surface area contributed by atoms with E-state index in [1.165, 1.54) is 12.1 Å². The third-order valence-electron chi connectivity index (χ3n) is 4.16. The van der Waals surface area contributed by atoms with E-state index in [4.69, 9.17) is 0 Å². The molecule has 0 saturated carbocycles. The fourth-order valence-corrected chi connectivity index (χ4v) is 4.00. The van der Waals surface area contributed by atoms with Crippen molar-refractivity contribution in [3.05, 3.63) is 53.7 Å². The van der Waals surface area contributed by atoms with Crippen LogP contribution in [0.5, 0.6) is 0 Å². The van der Waals surface area contributed by atoms with Gasteiger partial charge in [-0.1, -0.05) is 18.2 Å². The van der Waals surface area contributed by atoms with Gasteiger partial charge in [0.2, 0.25) is 5.82 Å². The van der Waals surface area contributed by atoms with Crippen LogP contribution >= 0.6 is 0 Å². The zero-order chi connectivity index (χ0) is 19.0. The molecule has 0 spiro atoms. The van der Waals surface area contributed by atoms with Gasteiger partial charge in [0.25, 0.3) is 10.0 Å². The molecule has 27 heavy (non-hydrogen) atoms. The molecule has 10 heteroatoms. The number of H-pyrrole nitrogens is 2. The van der Waals surface area contributed by atoms with E-state index >= 15 is 0 Å². The Kier molecular flexibility index (Phi) is 3.86. The lowest BCUT2D eigenvalue weighted by molar-refractivity contribution is 0.601. The van der Waals surface area contributed by atoms with Crippen LogP contribution in [0.3, 0.4) is 0 Å².